The molecule has 8 nitrogen and oxygen atoms in total. The Kier molecular flexibility index (Phi) is 10.4. The van der Waals surface area contributed by atoms with Crippen molar-refractivity contribution in [3.63, 3.8) is 0 Å². The van der Waals surface area contributed by atoms with E-state index in [1.807, 2.05) is 13.8 Å². The van der Waals surface area contributed by atoms with Crippen LogP contribution in [-0.2, 0) is 44.7 Å². The van der Waals surface area contributed by atoms with Crippen LogP contribution in [0.3, 0.4) is 0 Å². The maximum Gasteiger partial charge on any atom is 0.341 e. The van der Waals surface area contributed by atoms with E-state index in [1.54, 1.807) is 0 Å². The van der Waals surface area contributed by atoms with Crippen LogP contribution in [0.2, 0.25) is 0 Å². The minimum absolute atomic E-state index is 0.0496. The molecular weight excluding hydrogens is 548 g/mol. The predicted molar refractivity (Wildman–Crippen MR) is 159 cm³/mol. The number of anilines is 2. The standard InChI is InChI=1S/C30H40N2O6S2/c1-5-13-37-29(35)25-19-9-7-17(3)15-21(19)39-27(25)31-23(33)11-12-24(34)32-28-26(30(36)38-14-6-2)20-10-8-18(4)16-22(20)40-28/h17-18H,5-16H2,1-4H3,(H,31,33)(H,32,34). The van der Waals surface area contributed by atoms with Gasteiger partial charge in [-0.15, -0.1) is 22.7 Å². The van der Waals surface area contributed by atoms with Crippen molar-refractivity contribution in [3.05, 3.63) is 32.0 Å². The normalized spacial score (nSPS) is 17.9. The second-order valence-corrected chi connectivity index (χ2v) is 13.2. The van der Waals surface area contributed by atoms with Crippen molar-refractivity contribution >= 4 is 56.4 Å². The van der Waals surface area contributed by atoms with Gasteiger partial charge < -0.3 is 20.1 Å². The molecule has 4 rings (SSSR count). The van der Waals surface area contributed by atoms with Gasteiger partial charge in [0, 0.05) is 22.6 Å². The SMILES string of the molecule is CCCOC(=O)c1c(NC(=O)CCC(=O)Nc2sc3c(c2C(=O)OCCC)CCC(C)C3)sc2c1CCC(C)C2. The van der Waals surface area contributed by atoms with Gasteiger partial charge in [-0.1, -0.05) is 27.7 Å². The van der Waals surface area contributed by atoms with Crippen LogP contribution in [0.5, 0.6) is 0 Å². The first kappa shape index (κ1) is 30.2. The third-order valence-corrected chi connectivity index (χ3v) is 9.73. The maximum absolute atomic E-state index is 12.9. The number of thiophene rings is 2. The number of rotatable bonds is 11. The molecule has 2 unspecified atom stereocenters. The number of amides is 2. The first-order valence-corrected chi connectivity index (χ1v) is 16.1. The van der Waals surface area contributed by atoms with Crippen molar-refractivity contribution in [1.29, 1.82) is 0 Å². The minimum Gasteiger partial charge on any atom is -0.462 e. The molecule has 2 aromatic heterocycles. The summed E-state index contributed by atoms with van der Waals surface area (Å²) in [5.74, 6) is -0.441. The van der Waals surface area contributed by atoms with Crippen molar-refractivity contribution in [1.82, 2.24) is 0 Å². The van der Waals surface area contributed by atoms with Crippen LogP contribution in [-0.4, -0.2) is 37.0 Å². The fraction of sp³-hybridized carbons (Fsp3) is 0.600. The summed E-state index contributed by atoms with van der Waals surface area (Å²) in [5.41, 5.74) is 2.89. The number of hydrogen-bond donors (Lipinski definition) is 2. The first-order chi connectivity index (χ1) is 19.2. The summed E-state index contributed by atoms with van der Waals surface area (Å²) < 4.78 is 10.9. The lowest BCUT2D eigenvalue weighted by atomic mass is 9.88. The quantitative estimate of drug-likeness (QED) is 0.288. The van der Waals surface area contributed by atoms with Crippen LogP contribution in [0, 0.1) is 11.8 Å². The molecule has 218 valence electrons. The number of hydrogen-bond acceptors (Lipinski definition) is 8. The lowest BCUT2D eigenvalue weighted by molar-refractivity contribution is -0.121. The molecule has 10 heteroatoms. The molecule has 2 aliphatic rings. The molecule has 2 N–H and O–H groups in total. The maximum atomic E-state index is 12.9. The van der Waals surface area contributed by atoms with Crippen molar-refractivity contribution < 1.29 is 28.7 Å². The zero-order valence-corrected chi connectivity index (χ0v) is 25.5. The fourth-order valence-corrected chi connectivity index (χ4v) is 8.08. The second-order valence-electron chi connectivity index (χ2n) is 11.0. The number of carbonyl (C=O) groups excluding carboxylic acids is 4. The molecule has 0 saturated heterocycles. The van der Waals surface area contributed by atoms with E-state index in [0.29, 0.717) is 46.2 Å². The van der Waals surface area contributed by atoms with E-state index in [2.05, 4.69) is 24.5 Å². The summed E-state index contributed by atoms with van der Waals surface area (Å²) in [6.07, 6.45) is 6.64. The van der Waals surface area contributed by atoms with Crippen LogP contribution in [0.1, 0.15) is 108 Å². The van der Waals surface area contributed by atoms with Gasteiger partial charge in [-0.25, -0.2) is 9.59 Å². The van der Waals surface area contributed by atoms with Gasteiger partial charge in [-0.3, -0.25) is 9.59 Å². The van der Waals surface area contributed by atoms with Gasteiger partial charge in [-0.2, -0.15) is 0 Å². The fourth-order valence-electron chi connectivity index (χ4n) is 5.25. The molecule has 40 heavy (non-hydrogen) atoms. The minimum atomic E-state index is -0.402. The highest BCUT2D eigenvalue weighted by Gasteiger charge is 2.31. The molecule has 2 amide bonds. The molecular formula is C30H40N2O6S2. The number of nitrogens with one attached hydrogen (secondary N) is 2. The van der Waals surface area contributed by atoms with Gasteiger partial charge in [0.1, 0.15) is 10.0 Å². The Morgan fingerprint density at radius 2 is 1.12 bits per heavy atom. The third-order valence-electron chi connectivity index (χ3n) is 7.39. The van der Waals surface area contributed by atoms with Crippen LogP contribution < -0.4 is 10.6 Å². The summed E-state index contributed by atoms with van der Waals surface area (Å²) in [6.45, 7) is 8.91. The van der Waals surface area contributed by atoms with E-state index in [-0.39, 0.29) is 24.7 Å². The summed E-state index contributed by atoms with van der Waals surface area (Å²) in [4.78, 5) is 53.8. The Morgan fingerprint density at radius 3 is 1.50 bits per heavy atom. The zero-order chi connectivity index (χ0) is 28.8. The number of ether oxygens (including phenoxy) is 2. The molecule has 0 aliphatic heterocycles. The molecule has 0 saturated carbocycles. The Hall–Kier alpha value is -2.72. The lowest BCUT2D eigenvalue weighted by Crippen LogP contribution is -2.20. The van der Waals surface area contributed by atoms with Crippen LogP contribution in [0.15, 0.2) is 0 Å². The molecule has 2 heterocycles. The molecule has 0 aromatic carbocycles. The van der Waals surface area contributed by atoms with Crippen molar-refractivity contribution in [2.45, 2.75) is 91.9 Å². The van der Waals surface area contributed by atoms with Gasteiger partial charge in [0.2, 0.25) is 11.8 Å². The summed E-state index contributed by atoms with van der Waals surface area (Å²) in [6, 6.07) is 0. The van der Waals surface area contributed by atoms with E-state index < -0.39 is 11.9 Å². The van der Waals surface area contributed by atoms with Gasteiger partial charge in [0.25, 0.3) is 0 Å². The van der Waals surface area contributed by atoms with Crippen LogP contribution >= 0.6 is 22.7 Å². The van der Waals surface area contributed by atoms with Crippen molar-refractivity contribution in [2.24, 2.45) is 11.8 Å². The zero-order valence-electron chi connectivity index (χ0n) is 23.9. The van der Waals surface area contributed by atoms with Gasteiger partial charge in [-0.05, 0) is 74.3 Å². The molecule has 2 aromatic rings. The van der Waals surface area contributed by atoms with Gasteiger partial charge >= 0.3 is 11.9 Å². The largest absolute Gasteiger partial charge is 0.462 e. The van der Waals surface area contributed by atoms with Gasteiger partial charge in [0.05, 0.1) is 24.3 Å². The second kappa shape index (κ2) is 13.8. The molecule has 0 spiro atoms. The van der Waals surface area contributed by atoms with E-state index >= 15 is 0 Å². The number of fused-ring (bicyclic) bond motifs is 2. The molecule has 0 radical (unpaired) electrons. The van der Waals surface area contributed by atoms with Crippen LogP contribution in [0.4, 0.5) is 10.0 Å². The Bertz CT molecular complexity index is 1170. The van der Waals surface area contributed by atoms with Gasteiger partial charge in [0.15, 0.2) is 0 Å². The van der Waals surface area contributed by atoms with E-state index in [1.165, 1.54) is 22.7 Å². The number of carbonyl (C=O) groups is 4. The molecule has 2 atom stereocenters. The Labute approximate surface area is 244 Å². The molecule has 0 fully saturated rings. The molecule has 0 bridgehead atoms. The highest BCUT2D eigenvalue weighted by atomic mass is 32.1. The van der Waals surface area contributed by atoms with Crippen molar-refractivity contribution in [3.8, 4) is 0 Å². The highest BCUT2D eigenvalue weighted by molar-refractivity contribution is 7.17. The highest BCUT2D eigenvalue weighted by Crippen LogP contribution is 2.41. The summed E-state index contributed by atoms with van der Waals surface area (Å²) in [5, 5.41) is 6.78. The van der Waals surface area contributed by atoms with E-state index in [0.717, 1.165) is 72.2 Å². The predicted octanol–water partition coefficient (Wildman–Crippen LogP) is 6.55. The topological polar surface area (TPSA) is 111 Å². The van der Waals surface area contributed by atoms with Crippen LogP contribution in [0.25, 0.3) is 0 Å². The first-order valence-electron chi connectivity index (χ1n) is 14.4. The number of esters is 2. The van der Waals surface area contributed by atoms with E-state index in [9.17, 15) is 19.2 Å². The smallest absolute Gasteiger partial charge is 0.341 e. The average Bonchev–Trinajstić information content (AvgIpc) is 3.45. The molecule has 2 aliphatic carbocycles. The average molecular weight is 589 g/mol. The summed E-state index contributed by atoms with van der Waals surface area (Å²) in [7, 11) is 0. The van der Waals surface area contributed by atoms with E-state index in [4.69, 9.17) is 9.47 Å². The Balaban J connectivity index is 1.42. The monoisotopic (exact) mass is 588 g/mol. The lowest BCUT2D eigenvalue weighted by Gasteiger charge is -2.18. The Morgan fingerprint density at radius 1 is 0.725 bits per heavy atom. The van der Waals surface area contributed by atoms with Crippen molar-refractivity contribution in [2.75, 3.05) is 23.8 Å². The summed E-state index contributed by atoms with van der Waals surface area (Å²) >= 11 is 2.87. The third kappa shape index (κ3) is 7.13.